The van der Waals surface area contributed by atoms with Crippen LogP contribution in [0.3, 0.4) is 0 Å². The van der Waals surface area contributed by atoms with Crippen LogP contribution >= 0.6 is 0 Å². The van der Waals surface area contributed by atoms with Gasteiger partial charge in [-0.2, -0.15) is 5.26 Å². The number of anilines is 1. The molecule has 0 spiro atoms. The van der Waals surface area contributed by atoms with E-state index in [0.29, 0.717) is 55.0 Å². The summed E-state index contributed by atoms with van der Waals surface area (Å²) in [4.78, 5) is 14.0. The van der Waals surface area contributed by atoms with E-state index >= 15 is 0 Å². The van der Waals surface area contributed by atoms with Crippen molar-refractivity contribution in [2.45, 2.75) is 25.6 Å². The third-order valence-corrected chi connectivity index (χ3v) is 5.56. The van der Waals surface area contributed by atoms with Crippen molar-refractivity contribution < 1.29 is 9.47 Å². The van der Waals surface area contributed by atoms with E-state index in [-0.39, 0.29) is 6.04 Å². The Bertz CT molecular complexity index is 1360. The third kappa shape index (κ3) is 5.48. The molecule has 10 nitrogen and oxygen atoms in total. The molecule has 1 aliphatic heterocycles. The average molecular weight is 469 g/mol. The van der Waals surface area contributed by atoms with Gasteiger partial charge in [-0.15, -0.1) is 5.10 Å². The van der Waals surface area contributed by atoms with Gasteiger partial charge in [0.25, 0.3) is 0 Å². The second kappa shape index (κ2) is 10.4. The summed E-state index contributed by atoms with van der Waals surface area (Å²) >= 11 is 0. The molecule has 0 radical (unpaired) electrons. The fraction of sp³-hybridized carbons (Fsp3) is 0.280. The maximum Gasteiger partial charge on any atom is 0.224 e. The van der Waals surface area contributed by atoms with Crippen molar-refractivity contribution in [3.8, 4) is 28.7 Å². The minimum atomic E-state index is 0.143. The zero-order valence-corrected chi connectivity index (χ0v) is 19.3. The van der Waals surface area contributed by atoms with Crippen LogP contribution in [0.4, 0.5) is 5.95 Å². The lowest BCUT2D eigenvalue weighted by molar-refractivity contribution is 0.181. The van der Waals surface area contributed by atoms with Crippen LogP contribution in [0.5, 0.6) is 0 Å². The lowest BCUT2D eigenvalue weighted by atomic mass is 10.1. The molecule has 1 aliphatic rings. The Morgan fingerprint density at radius 3 is 2.77 bits per heavy atom. The van der Waals surface area contributed by atoms with Gasteiger partial charge in [0.05, 0.1) is 66.4 Å². The fourth-order valence-corrected chi connectivity index (χ4v) is 3.87. The number of benzene rings is 1. The molecule has 1 N–H and O–H groups in total. The van der Waals surface area contributed by atoms with Crippen molar-refractivity contribution in [2.75, 3.05) is 25.6 Å². The Morgan fingerprint density at radius 1 is 1.09 bits per heavy atom. The summed E-state index contributed by atoms with van der Waals surface area (Å²) in [5.74, 6) is 0.485. The SMILES string of the molecule is COCc1cccc(Cn2cc(-c3cc(-c4cccc(C#N)c4)nc(NC4CCOC4)n3)nn2)n1. The van der Waals surface area contributed by atoms with Gasteiger partial charge in [-0.1, -0.05) is 23.4 Å². The van der Waals surface area contributed by atoms with Crippen molar-refractivity contribution in [3.63, 3.8) is 0 Å². The third-order valence-electron chi connectivity index (χ3n) is 5.56. The molecule has 0 bridgehead atoms. The Morgan fingerprint density at radius 2 is 1.94 bits per heavy atom. The fourth-order valence-electron chi connectivity index (χ4n) is 3.87. The smallest absolute Gasteiger partial charge is 0.224 e. The van der Waals surface area contributed by atoms with Crippen molar-refractivity contribution in [2.24, 2.45) is 0 Å². The quantitative estimate of drug-likeness (QED) is 0.415. The zero-order valence-electron chi connectivity index (χ0n) is 19.3. The molecule has 35 heavy (non-hydrogen) atoms. The molecule has 1 atom stereocenters. The van der Waals surface area contributed by atoms with E-state index in [9.17, 15) is 5.26 Å². The first kappa shape index (κ1) is 22.6. The maximum absolute atomic E-state index is 9.31. The molecule has 1 unspecified atom stereocenters. The number of hydrogen-bond acceptors (Lipinski definition) is 9. The van der Waals surface area contributed by atoms with Gasteiger partial charge >= 0.3 is 0 Å². The predicted molar refractivity (Wildman–Crippen MR) is 128 cm³/mol. The second-order valence-electron chi connectivity index (χ2n) is 8.21. The second-order valence-corrected chi connectivity index (χ2v) is 8.21. The van der Waals surface area contributed by atoms with E-state index in [1.807, 2.05) is 48.7 Å². The Labute approximate surface area is 202 Å². The number of ether oxygens (including phenoxy) is 2. The number of methoxy groups -OCH3 is 1. The molecule has 4 heterocycles. The van der Waals surface area contributed by atoms with Crippen molar-refractivity contribution >= 4 is 5.95 Å². The van der Waals surface area contributed by atoms with Crippen LogP contribution < -0.4 is 5.32 Å². The molecular weight excluding hydrogens is 444 g/mol. The number of rotatable bonds is 8. The first-order valence-corrected chi connectivity index (χ1v) is 11.3. The highest BCUT2D eigenvalue weighted by Crippen LogP contribution is 2.25. The molecule has 0 amide bonds. The van der Waals surface area contributed by atoms with Crippen LogP contribution in [0.2, 0.25) is 0 Å². The maximum atomic E-state index is 9.31. The highest BCUT2D eigenvalue weighted by atomic mass is 16.5. The van der Waals surface area contributed by atoms with Crippen LogP contribution in [-0.4, -0.2) is 56.3 Å². The Kier molecular flexibility index (Phi) is 6.70. The van der Waals surface area contributed by atoms with Gasteiger partial charge in [-0.3, -0.25) is 4.98 Å². The van der Waals surface area contributed by atoms with Gasteiger partial charge in [0.15, 0.2) is 0 Å². The van der Waals surface area contributed by atoms with Gasteiger partial charge in [-0.25, -0.2) is 14.6 Å². The normalized spacial score (nSPS) is 15.1. The van der Waals surface area contributed by atoms with Crippen molar-refractivity contribution in [3.05, 3.63) is 71.7 Å². The average Bonchev–Trinajstić information content (AvgIpc) is 3.57. The predicted octanol–water partition coefficient (Wildman–Crippen LogP) is 3.06. The number of nitriles is 1. The van der Waals surface area contributed by atoms with Crippen LogP contribution in [0, 0.1) is 11.3 Å². The Balaban J connectivity index is 1.46. The topological polar surface area (TPSA) is 124 Å². The molecule has 10 heteroatoms. The molecular formula is C25H24N8O2. The number of hydrogen-bond donors (Lipinski definition) is 1. The lowest BCUT2D eigenvalue weighted by Crippen LogP contribution is -2.20. The van der Waals surface area contributed by atoms with Gasteiger partial charge in [0, 0.05) is 19.3 Å². The van der Waals surface area contributed by atoms with E-state index < -0.39 is 0 Å². The summed E-state index contributed by atoms with van der Waals surface area (Å²) in [6, 6.07) is 17.3. The molecule has 1 fully saturated rings. The number of nitrogens with zero attached hydrogens (tertiary/aromatic N) is 7. The highest BCUT2D eigenvalue weighted by molar-refractivity contribution is 5.68. The molecule has 3 aromatic heterocycles. The van der Waals surface area contributed by atoms with Crippen LogP contribution in [0.25, 0.3) is 22.6 Å². The molecule has 176 valence electrons. The largest absolute Gasteiger partial charge is 0.379 e. The molecule has 5 rings (SSSR count). The van der Waals surface area contributed by atoms with E-state index in [2.05, 4.69) is 26.7 Å². The van der Waals surface area contributed by atoms with Gasteiger partial charge < -0.3 is 14.8 Å². The van der Waals surface area contributed by atoms with E-state index in [1.165, 1.54) is 0 Å². The number of pyridine rings is 1. The van der Waals surface area contributed by atoms with E-state index in [1.54, 1.807) is 17.9 Å². The molecule has 0 aliphatic carbocycles. The minimum Gasteiger partial charge on any atom is -0.379 e. The monoisotopic (exact) mass is 468 g/mol. The molecule has 1 aromatic carbocycles. The van der Waals surface area contributed by atoms with Crippen molar-refractivity contribution in [1.29, 1.82) is 5.26 Å². The first-order valence-electron chi connectivity index (χ1n) is 11.3. The highest BCUT2D eigenvalue weighted by Gasteiger charge is 2.18. The summed E-state index contributed by atoms with van der Waals surface area (Å²) in [5.41, 5.74) is 5.04. The molecule has 0 saturated carbocycles. The number of aromatic nitrogens is 6. The summed E-state index contributed by atoms with van der Waals surface area (Å²) < 4.78 is 12.4. The standard InChI is InChI=1S/C25H24N8O2/c1-34-15-20-7-3-6-19(27-20)13-33-14-24(31-32-33)23-11-22(18-5-2-4-17(10-18)12-26)29-25(30-23)28-21-8-9-35-16-21/h2-7,10-11,14,21H,8-9,13,15-16H2,1H3,(H,28,29,30). The zero-order chi connectivity index (χ0) is 24.0. The van der Waals surface area contributed by atoms with Crippen LogP contribution in [-0.2, 0) is 22.6 Å². The van der Waals surface area contributed by atoms with Crippen molar-refractivity contribution in [1.82, 2.24) is 29.9 Å². The van der Waals surface area contributed by atoms with Crippen LogP contribution in [0.1, 0.15) is 23.4 Å². The van der Waals surface area contributed by atoms with Gasteiger partial charge in [-0.05, 0) is 36.8 Å². The van der Waals surface area contributed by atoms with Gasteiger partial charge in [0.1, 0.15) is 5.69 Å². The summed E-state index contributed by atoms with van der Waals surface area (Å²) in [6.45, 7) is 2.24. The molecule has 4 aromatic rings. The van der Waals surface area contributed by atoms with E-state index in [4.69, 9.17) is 19.4 Å². The van der Waals surface area contributed by atoms with Crippen LogP contribution in [0.15, 0.2) is 54.7 Å². The van der Waals surface area contributed by atoms with Gasteiger partial charge in [0.2, 0.25) is 5.95 Å². The molecule has 1 saturated heterocycles. The van der Waals surface area contributed by atoms with E-state index in [0.717, 1.165) is 23.4 Å². The summed E-state index contributed by atoms with van der Waals surface area (Å²) in [7, 11) is 1.65. The number of nitrogens with one attached hydrogen (secondary N) is 1. The summed E-state index contributed by atoms with van der Waals surface area (Å²) in [5, 5.41) is 21.3. The summed E-state index contributed by atoms with van der Waals surface area (Å²) in [6.07, 6.45) is 2.73. The minimum absolute atomic E-state index is 0.143. The Hall–Kier alpha value is -4.20. The first-order chi connectivity index (χ1) is 17.2. The lowest BCUT2D eigenvalue weighted by Gasteiger charge is -2.13.